The Kier molecular flexibility index (Phi) is 3.30. The molecule has 0 spiro atoms. The lowest BCUT2D eigenvalue weighted by Crippen LogP contribution is -2.20. The normalized spacial score (nSPS) is 14.5. The summed E-state index contributed by atoms with van der Waals surface area (Å²) in [6.07, 6.45) is 1.80. The van der Waals surface area contributed by atoms with Crippen molar-refractivity contribution >= 4 is 23.2 Å². The maximum absolute atomic E-state index is 12.3. The number of hydrogen-bond acceptors (Lipinski definition) is 2. The monoisotopic (exact) mass is 258 g/mol. The summed E-state index contributed by atoms with van der Waals surface area (Å²) in [5.41, 5.74) is 1.72. The maximum atomic E-state index is 12.3. The van der Waals surface area contributed by atoms with Crippen molar-refractivity contribution in [2.75, 3.05) is 0 Å². The van der Waals surface area contributed by atoms with Crippen LogP contribution in [-0.2, 0) is 0 Å². The lowest BCUT2D eigenvalue weighted by atomic mass is 9.86. The van der Waals surface area contributed by atoms with Gasteiger partial charge >= 0.3 is 0 Å². The van der Waals surface area contributed by atoms with Gasteiger partial charge in [-0.3, -0.25) is 9.59 Å². The van der Waals surface area contributed by atoms with Crippen LogP contribution in [0.4, 0.5) is 0 Å². The quantitative estimate of drug-likeness (QED) is 0.775. The molecule has 0 saturated carbocycles. The van der Waals surface area contributed by atoms with E-state index in [1.165, 1.54) is 0 Å². The smallest absolute Gasteiger partial charge is 0.205 e. The van der Waals surface area contributed by atoms with Gasteiger partial charge in [0, 0.05) is 23.1 Å². The van der Waals surface area contributed by atoms with Crippen LogP contribution < -0.4 is 0 Å². The third-order valence-electron chi connectivity index (χ3n) is 2.85. The molecule has 0 N–H and O–H groups in total. The minimum Gasteiger partial charge on any atom is -0.289 e. The van der Waals surface area contributed by atoms with Gasteiger partial charge in [-0.15, -0.1) is 0 Å². The Morgan fingerprint density at radius 2 is 1.72 bits per heavy atom. The van der Waals surface area contributed by atoms with E-state index < -0.39 is 0 Å². The molecule has 1 aliphatic rings. The molecule has 1 aliphatic carbocycles. The van der Waals surface area contributed by atoms with E-state index in [1.807, 2.05) is 0 Å². The molecule has 2 rings (SSSR count). The van der Waals surface area contributed by atoms with E-state index in [0.717, 1.165) is 0 Å². The van der Waals surface area contributed by atoms with Crippen molar-refractivity contribution in [1.29, 1.82) is 0 Å². The average Bonchev–Trinajstić information content (AvgIpc) is 2.40. The van der Waals surface area contributed by atoms with E-state index in [9.17, 15) is 9.59 Å². The molecule has 0 radical (unpaired) electrons. The Morgan fingerprint density at radius 3 is 2.28 bits per heavy atom. The van der Waals surface area contributed by atoms with Crippen LogP contribution in [0.3, 0.4) is 0 Å². The highest BCUT2D eigenvalue weighted by Gasteiger charge is 2.30. The van der Waals surface area contributed by atoms with E-state index in [2.05, 4.69) is 13.2 Å². The van der Waals surface area contributed by atoms with Crippen molar-refractivity contribution in [2.45, 2.75) is 6.42 Å². The second kappa shape index (κ2) is 4.75. The molecular formula is C15H11ClO2. The van der Waals surface area contributed by atoms with E-state index in [1.54, 1.807) is 30.3 Å². The lowest BCUT2D eigenvalue weighted by Gasteiger charge is -2.17. The third kappa shape index (κ3) is 1.95. The molecule has 2 nitrogen and oxygen atoms in total. The maximum Gasteiger partial charge on any atom is 0.205 e. The summed E-state index contributed by atoms with van der Waals surface area (Å²) in [6, 6.07) is 6.68. The van der Waals surface area contributed by atoms with Gasteiger partial charge in [-0.2, -0.15) is 0 Å². The van der Waals surface area contributed by atoms with Crippen molar-refractivity contribution < 1.29 is 9.59 Å². The molecule has 0 fully saturated rings. The number of hydrogen-bond donors (Lipinski definition) is 0. The molecule has 3 heteroatoms. The lowest BCUT2D eigenvalue weighted by molar-refractivity contribution is 0.0979. The van der Waals surface area contributed by atoms with Gasteiger partial charge < -0.3 is 0 Å². The number of carbonyl (C=O) groups is 2. The Morgan fingerprint density at radius 1 is 1.17 bits per heavy atom. The Balaban J connectivity index is 2.53. The van der Waals surface area contributed by atoms with Crippen molar-refractivity contribution in [2.24, 2.45) is 0 Å². The van der Waals surface area contributed by atoms with Gasteiger partial charge in [-0.25, -0.2) is 0 Å². The van der Waals surface area contributed by atoms with Gasteiger partial charge in [0.25, 0.3) is 0 Å². The molecule has 90 valence electrons. The summed E-state index contributed by atoms with van der Waals surface area (Å²) >= 11 is 5.99. The van der Waals surface area contributed by atoms with Gasteiger partial charge in [-0.1, -0.05) is 60.7 Å². The highest BCUT2D eigenvalue weighted by molar-refractivity contribution is 6.50. The summed E-state index contributed by atoms with van der Waals surface area (Å²) in [7, 11) is 0. The number of fused-ring (bicyclic) bond motifs is 1. The van der Waals surface area contributed by atoms with Crippen LogP contribution in [0.25, 0.3) is 0 Å². The number of benzene rings is 1. The number of Topliss-reactive ketones (excluding diaryl/α,β-unsaturated/α-hetero) is 2. The molecule has 0 saturated heterocycles. The highest BCUT2D eigenvalue weighted by atomic mass is 35.5. The first kappa shape index (κ1) is 12.5. The molecular weight excluding hydrogens is 248 g/mol. The number of halogens is 1. The van der Waals surface area contributed by atoms with Gasteiger partial charge in [0.05, 0.1) is 5.03 Å². The topological polar surface area (TPSA) is 34.1 Å². The zero-order valence-corrected chi connectivity index (χ0v) is 10.5. The van der Waals surface area contributed by atoms with E-state index in [0.29, 0.717) is 22.3 Å². The SMILES string of the molecule is C=CC(=C)CC1=C(Cl)C(=O)c2ccccc2C1=O. The second-order valence-electron chi connectivity index (χ2n) is 4.04. The second-order valence-corrected chi connectivity index (χ2v) is 4.41. The van der Waals surface area contributed by atoms with Gasteiger partial charge in [0.1, 0.15) is 0 Å². The first-order valence-electron chi connectivity index (χ1n) is 5.43. The fraction of sp³-hybridized carbons (Fsp3) is 0.0667. The molecule has 0 aliphatic heterocycles. The van der Waals surface area contributed by atoms with Gasteiger partial charge in [0.15, 0.2) is 5.78 Å². The molecule has 18 heavy (non-hydrogen) atoms. The first-order valence-corrected chi connectivity index (χ1v) is 5.81. The minimum absolute atomic E-state index is 0.0123. The Labute approximate surface area is 110 Å². The van der Waals surface area contributed by atoms with Crippen LogP contribution in [0, 0.1) is 0 Å². The summed E-state index contributed by atoms with van der Waals surface area (Å²) in [6.45, 7) is 7.32. The molecule has 1 aromatic rings. The van der Waals surface area contributed by atoms with E-state index in [4.69, 9.17) is 11.6 Å². The standard InChI is InChI=1S/C15H11ClO2/c1-3-9(2)8-12-13(16)15(18)11-7-5-4-6-10(11)14(12)17/h3-7H,1-2,8H2. The van der Waals surface area contributed by atoms with Crippen LogP contribution in [-0.4, -0.2) is 11.6 Å². The molecule has 0 amide bonds. The molecule has 0 aromatic heterocycles. The van der Waals surface area contributed by atoms with Gasteiger partial charge in [-0.05, 0) is 0 Å². The van der Waals surface area contributed by atoms with Crippen LogP contribution in [0.1, 0.15) is 27.1 Å². The summed E-state index contributed by atoms with van der Waals surface area (Å²) in [5.74, 6) is -0.517. The number of carbonyl (C=O) groups excluding carboxylic acids is 2. The van der Waals surface area contributed by atoms with Crippen LogP contribution in [0.5, 0.6) is 0 Å². The van der Waals surface area contributed by atoms with Crippen molar-refractivity contribution in [3.8, 4) is 0 Å². The molecule has 1 aromatic carbocycles. The number of ketones is 2. The first-order chi connectivity index (χ1) is 8.56. The fourth-order valence-corrected chi connectivity index (χ4v) is 2.11. The highest BCUT2D eigenvalue weighted by Crippen LogP contribution is 2.31. The third-order valence-corrected chi connectivity index (χ3v) is 3.25. The average molecular weight is 259 g/mol. The van der Waals surface area contributed by atoms with Gasteiger partial charge in [0.2, 0.25) is 5.78 Å². The van der Waals surface area contributed by atoms with Crippen molar-refractivity contribution in [3.63, 3.8) is 0 Å². The Hall–Kier alpha value is -1.93. The number of allylic oxidation sites excluding steroid dienone is 4. The van der Waals surface area contributed by atoms with Crippen LogP contribution in [0.2, 0.25) is 0 Å². The van der Waals surface area contributed by atoms with Crippen LogP contribution in [0.15, 0.2) is 59.7 Å². The molecule has 0 unspecified atom stereocenters. The summed E-state index contributed by atoms with van der Waals surface area (Å²) < 4.78 is 0. The zero-order valence-electron chi connectivity index (χ0n) is 9.70. The minimum atomic E-state index is -0.307. The molecule has 0 atom stereocenters. The van der Waals surface area contributed by atoms with Crippen LogP contribution >= 0.6 is 11.6 Å². The molecule has 0 bridgehead atoms. The predicted octanol–water partition coefficient (Wildman–Crippen LogP) is 3.69. The largest absolute Gasteiger partial charge is 0.289 e. The predicted molar refractivity (Wildman–Crippen MR) is 71.9 cm³/mol. The van der Waals surface area contributed by atoms with Crippen molar-refractivity contribution in [3.05, 3.63) is 70.8 Å². The fourth-order valence-electron chi connectivity index (χ4n) is 1.85. The number of rotatable bonds is 3. The molecule has 0 heterocycles. The summed E-state index contributed by atoms with van der Waals surface area (Å²) in [4.78, 5) is 24.3. The van der Waals surface area contributed by atoms with E-state index in [-0.39, 0.29) is 23.0 Å². The Bertz CT molecular complexity index is 609. The zero-order chi connectivity index (χ0) is 13.3. The summed E-state index contributed by atoms with van der Waals surface area (Å²) in [5, 5.41) is -0.0123. The van der Waals surface area contributed by atoms with E-state index >= 15 is 0 Å². The van der Waals surface area contributed by atoms with Crippen molar-refractivity contribution in [1.82, 2.24) is 0 Å².